The van der Waals surface area contributed by atoms with E-state index in [1.165, 1.54) is 4.90 Å². The molecule has 1 aromatic carbocycles. The van der Waals surface area contributed by atoms with Crippen molar-refractivity contribution in [1.29, 1.82) is 0 Å². The van der Waals surface area contributed by atoms with Crippen LogP contribution in [0.5, 0.6) is 11.5 Å². The summed E-state index contributed by atoms with van der Waals surface area (Å²) in [6.45, 7) is 0.0294. The third-order valence-corrected chi connectivity index (χ3v) is 4.06. The molecule has 0 aliphatic carbocycles. The number of nitrogens with zero attached hydrogens (tertiary/aromatic N) is 1. The summed E-state index contributed by atoms with van der Waals surface area (Å²) < 4.78 is 54.1. The van der Waals surface area contributed by atoms with Gasteiger partial charge in [0.05, 0.1) is 6.54 Å². The second-order valence-corrected chi connectivity index (χ2v) is 5.75. The predicted molar refractivity (Wildman–Crippen MR) is 78.3 cm³/mol. The highest BCUT2D eigenvalue weighted by molar-refractivity contribution is 5.92. The standard InChI is InChI=1S/C15H17F3N2O4/c1-22-14(15(16,17)18)8-20(9-14)7-13(21)19-10-2-3-11-12(6-10)24-5-4-23-11/h2-3,6H,4-5,7-9H2,1H3,(H,19,21). The fraction of sp³-hybridized carbons (Fsp3) is 0.533. The number of nitrogens with one attached hydrogen (secondary N) is 1. The summed E-state index contributed by atoms with van der Waals surface area (Å²) in [5.41, 5.74) is -1.68. The van der Waals surface area contributed by atoms with Crippen molar-refractivity contribution in [3.63, 3.8) is 0 Å². The van der Waals surface area contributed by atoms with Gasteiger partial charge in [-0.15, -0.1) is 0 Å². The van der Waals surface area contributed by atoms with E-state index in [1.54, 1.807) is 18.2 Å². The molecule has 0 bridgehead atoms. The van der Waals surface area contributed by atoms with Crippen LogP contribution in [0.3, 0.4) is 0 Å². The van der Waals surface area contributed by atoms with Crippen molar-refractivity contribution in [2.24, 2.45) is 0 Å². The average molecular weight is 346 g/mol. The van der Waals surface area contributed by atoms with Gasteiger partial charge in [0.2, 0.25) is 5.91 Å². The lowest BCUT2D eigenvalue weighted by molar-refractivity contribution is -0.309. The third kappa shape index (κ3) is 3.13. The second kappa shape index (κ2) is 6.14. The fourth-order valence-corrected chi connectivity index (χ4v) is 2.74. The Balaban J connectivity index is 1.54. The zero-order valence-corrected chi connectivity index (χ0v) is 13.0. The Hall–Kier alpha value is -2.00. The number of hydrogen-bond donors (Lipinski definition) is 1. The van der Waals surface area contributed by atoms with Gasteiger partial charge in [-0.2, -0.15) is 13.2 Å². The number of anilines is 1. The average Bonchev–Trinajstić information content (AvgIpc) is 2.49. The number of alkyl halides is 3. The van der Waals surface area contributed by atoms with E-state index in [1.807, 2.05) is 0 Å². The van der Waals surface area contributed by atoms with E-state index in [4.69, 9.17) is 9.47 Å². The molecule has 24 heavy (non-hydrogen) atoms. The van der Waals surface area contributed by atoms with Crippen LogP contribution in [-0.2, 0) is 9.53 Å². The molecule has 1 N–H and O–H groups in total. The van der Waals surface area contributed by atoms with E-state index in [0.29, 0.717) is 30.4 Å². The van der Waals surface area contributed by atoms with Crippen molar-refractivity contribution in [3.8, 4) is 11.5 Å². The highest BCUT2D eigenvalue weighted by atomic mass is 19.4. The van der Waals surface area contributed by atoms with Gasteiger partial charge >= 0.3 is 6.18 Å². The van der Waals surface area contributed by atoms with E-state index in [-0.39, 0.29) is 19.6 Å². The van der Waals surface area contributed by atoms with E-state index in [2.05, 4.69) is 10.1 Å². The van der Waals surface area contributed by atoms with Crippen LogP contribution in [0.4, 0.5) is 18.9 Å². The van der Waals surface area contributed by atoms with Gasteiger partial charge in [-0.3, -0.25) is 9.69 Å². The number of halogens is 3. The molecule has 1 amide bonds. The summed E-state index contributed by atoms with van der Waals surface area (Å²) in [5.74, 6) is 0.717. The number of likely N-dealkylation sites (tertiary alicyclic amines) is 1. The minimum atomic E-state index is -4.45. The van der Waals surface area contributed by atoms with Gasteiger partial charge < -0.3 is 19.5 Å². The van der Waals surface area contributed by atoms with Crippen LogP contribution >= 0.6 is 0 Å². The molecule has 0 aromatic heterocycles. The van der Waals surface area contributed by atoms with Crippen LogP contribution in [0.25, 0.3) is 0 Å². The summed E-state index contributed by atoms with van der Waals surface area (Å²) in [5, 5.41) is 2.64. The molecule has 1 fully saturated rings. The molecule has 6 nitrogen and oxygen atoms in total. The highest BCUT2D eigenvalue weighted by Crippen LogP contribution is 2.40. The minimum Gasteiger partial charge on any atom is -0.486 e. The van der Waals surface area contributed by atoms with Crippen molar-refractivity contribution in [1.82, 2.24) is 4.90 Å². The Morgan fingerprint density at radius 2 is 1.96 bits per heavy atom. The molecular formula is C15H17F3N2O4. The van der Waals surface area contributed by atoms with Gasteiger partial charge in [0.1, 0.15) is 13.2 Å². The number of carbonyl (C=O) groups is 1. The first-order chi connectivity index (χ1) is 11.3. The number of hydrogen-bond acceptors (Lipinski definition) is 5. The normalized spacial score (nSPS) is 19.5. The predicted octanol–water partition coefficient (Wildman–Crippen LogP) is 1.66. The Morgan fingerprint density at radius 3 is 2.58 bits per heavy atom. The molecule has 0 radical (unpaired) electrons. The van der Waals surface area contributed by atoms with Crippen LogP contribution in [0.15, 0.2) is 18.2 Å². The summed E-state index contributed by atoms with van der Waals surface area (Å²) in [7, 11) is 1.03. The monoisotopic (exact) mass is 346 g/mol. The van der Waals surface area contributed by atoms with Crippen molar-refractivity contribution in [2.45, 2.75) is 11.8 Å². The van der Waals surface area contributed by atoms with Crippen molar-refractivity contribution >= 4 is 11.6 Å². The zero-order chi connectivity index (χ0) is 17.4. The number of rotatable bonds is 4. The molecule has 2 heterocycles. The molecule has 9 heteroatoms. The maximum atomic E-state index is 12.9. The molecule has 0 atom stereocenters. The Labute approximate surface area is 136 Å². The van der Waals surface area contributed by atoms with E-state index in [0.717, 1.165) is 7.11 Å². The van der Waals surface area contributed by atoms with Gasteiger partial charge in [0.25, 0.3) is 0 Å². The Morgan fingerprint density at radius 1 is 1.29 bits per heavy atom. The van der Waals surface area contributed by atoms with Crippen molar-refractivity contribution in [3.05, 3.63) is 18.2 Å². The lowest BCUT2D eigenvalue weighted by Gasteiger charge is -2.49. The Kier molecular flexibility index (Phi) is 4.31. The smallest absolute Gasteiger partial charge is 0.419 e. The van der Waals surface area contributed by atoms with Gasteiger partial charge in [0, 0.05) is 32.0 Å². The van der Waals surface area contributed by atoms with Crippen LogP contribution in [-0.4, -0.2) is 62.5 Å². The molecule has 2 aliphatic rings. The zero-order valence-electron chi connectivity index (χ0n) is 13.0. The molecule has 0 unspecified atom stereocenters. The highest BCUT2D eigenvalue weighted by Gasteiger charge is 2.62. The van der Waals surface area contributed by atoms with Crippen molar-refractivity contribution < 1.29 is 32.2 Å². The number of fused-ring (bicyclic) bond motifs is 1. The van der Waals surface area contributed by atoms with Crippen LogP contribution in [0.2, 0.25) is 0 Å². The van der Waals surface area contributed by atoms with Gasteiger partial charge in [-0.25, -0.2) is 0 Å². The first kappa shape index (κ1) is 16.8. The number of ether oxygens (including phenoxy) is 3. The third-order valence-electron chi connectivity index (χ3n) is 4.06. The van der Waals surface area contributed by atoms with Crippen LogP contribution < -0.4 is 14.8 Å². The lowest BCUT2D eigenvalue weighted by Crippen LogP contribution is -2.70. The first-order valence-electron chi connectivity index (χ1n) is 7.37. The molecule has 0 spiro atoms. The number of carbonyl (C=O) groups excluding carboxylic acids is 1. The summed E-state index contributed by atoms with van der Waals surface area (Å²) in [4.78, 5) is 13.4. The summed E-state index contributed by atoms with van der Waals surface area (Å²) in [6, 6.07) is 4.95. The quantitative estimate of drug-likeness (QED) is 0.899. The molecule has 3 rings (SSSR count). The largest absolute Gasteiger partial charge is 0.486 e. The summed E-state index contributed by atoms with van der Waals surface area (Å²) >= 11 is 0. The van der Waals surface area contributed by atoms with Gasteiger partial charge in [-0.05, 0) is 12.1 Å². The molecule has 2 aliphatic heterocycles. The number of benzene rings is 1. The Bertz CT molecular complexity index is 630. The summed E-state index contributed by atoms with van der Waals surface area (Å²) in [6.07, 6.45) is -4.45. The van der Waals surface area contributed by atoms with E-state index >= 15 is 0 Å². The molecule has 0 saturated carbocycles. The SMILES string of the molecule is COC1(C(F)(F)F)CN(CC(=O)Nc2ccc3c(c2)OCCO3)C1. The molecule has 1 aromatic rings. The molecular weight excluding hydrogens is 329 g/mol. The number of amides is 1. The van der Waals surface area contributed by atoms with E-state index in [9.17, 15) is 18.0 Å². The van der Waals surface area contributed by atoms with Crippen molar-refractivity contribution in [2.75, 3.05) is 45.3 Å². The van der Waals surface area contributed by atoms with Crippen LogP contribution in [0.1, 0.15) is 0 Å². The fourth-order valence-electron chi connectivity index (χ4n) is 2.74. The lowest BCUT2D eigenvalue weighted by atomic mass is 9.93. The van der Waals surface area contributed by atoms with Gasteiger partial charge in [0.15, 0.2) is 17.1 Å². The van der Waals surface area contributed by atoms with Crippen LogP contribution in [0, 0.1) is 0 Å². The topological polar surface area (TPSA) is 60.0 Å². The number of methoxy groups -OCH3 is 1. The minimum absolute atomic E-state index is 0.143. The van der Waals surface area contributed by atoms with Gasteiger partial charge in [-0.1, -0.05) is 0 Å². The molecule has 132 valence electrons. The maximum absolute atomic E-state index is 12.9. The maximum Gasteiger partial charge on any atom is 0.419 e. The van der Waals surface area contributed by atoms with E-state index < -0.39 is 17.7 Å². The second-order valence-electron chi connectivity index (χ2n) is 5.75. The molecule has 1 saturated heterocycles. The first-order valence-corrected chi connectivity index (χ1v) is 7.37.